The van der Waals surface area contributed by atoms with Crippen LogP contribution in [0.2, 0.25) is 0 Å². The van der Waals surface area contributed by atoms with Gasteiger partial charge >= 0.3 is 51.4 Å². The summed E-state index contributed by atoms with van der Waals surface area (Å²) in [7, 11) is 0. The molecule has 5 nitrogen and oxygen atoms in total. The minimum atomic E-state index is -1.18. The first-order valence-corrected chi connectivity index (χ1v) is 4.82. The van der Waals surface area contributed by atoms with Crippen molar-refractivity contribution in [2.24, 2.45) is 0 Å². The van der Waals surface area contributed by atoms with E-state index in [4.69, 9.17) is 4.74 Å². The topological polar surface area (TPSA) is 67.2 Å². The summed E-state index contributed by atoms with van der Waals surface area (Å²) < 4.78 is 7.24. The molecule has 0 spiro atoms. The number of fused-ring (bicyclic) bond motifs is 1. The van der Waals surface area contributed by atoms with Crippen LogP contribution in [0.25, 0.3) is 0 Å². The van der Waals surface area contributed by atoms with Gasteiger partial charge in [0, 0.05) is 5.56 Å². The van der Waals surface area contributed by atoms with Crippen molar-refractivity contribution in [2.45, 2.75) is 39.5 Å². The third kappa shape index (κ3) is 2.57. The standard InChI is InChI=1S/C10H14N2O3.K/c1-6-8(9(13)14)7-4-15-10(2,3)5-12(7)11-6;/h4-5H2,1-3H3,(H,13,14);/q;+1/p-1. The quantitative estimate of drug-likeness (QED) is 0.493. The molecular weight excluding hydrogens is 235 g/mol. The monoisotopic (exact) mass is 248 g/mol. The summed E-state index contributed by atoms with van der Waals surface area (Å²) in [5.41, 5.74) is 0.970. The molecule has 6 heteroatoms. The number of carbonyl (C=O) groups is 1. The van der Waals surface area contributed by atoms with Crippen LogP contribution in [0.5, 0.6) is 0 Å². The number of carboxylic acids is 1. The van der Waals surface area contributed by atoms with Crippen LogP contribution in [0.1, 0.15) is 35.6 Å². The number of aromatic carboxylic acids is 1. The van der Waals surface area contributed by atoms with Crippen molar-refractivity contribution in [3.8, 4) is 0 Å². The summed E-state index contributed by atoms with van der Waals surface area (Å²) in [6.07, 6.45) is 0. The van der Waals surface area contributed by atoms with Gasteiger partial charge in [-0.25, -0.2) is 0 Å². The number of hydrogen-bond donors (Lipinski definition) is 0. The molecule has 1 aliphatic rings. The SMILES string of the molecule is Cc1nn2c(c1C(=O)[O-])COC(C)(C)C2.[K+]. The molecule has 0 amide bonds. The van der Waals surface area contributed by atoms with Crippen LogP contribution in [-0.2, 0) is 17.9 Å². The molecule has 82 valence electrons. The second-order valence-electron chi connectivity index (χ2n) is 4.40. The molecule has 0 aromatic carbocycles. The summed E-state index contributed by atoms with van der Waals surface area (Å²) in [6.45, 7) is 6.41. The first-order valence-electron chi connectivity index (χ1n) is 4.82. The van der Waals surface area contributed by atoms with Gasteiger partial charge in [0.2, 0.25) is 0 Å². The van der Waals surface area contributed by atoms with Gasteiger partial charge in [0.25, 0.3) is 0 Å². The molecule has 0 atom stereocenters. The Hall–Kier alpha value is 0.276. The molecule has 0 unspecified atom stereocenters. The van der Waals surface area contributed by atoms with Crippen molar-refractivity contribution in [1.29, 1.82) is 0 Å². The van der Waals surface area contributed by atoms with E-state index < -0.39 is 5.97 Å². The number of ether oxygens (including phenoxy) is 1. The first-order chi connectivity index (χ1) is 6.91. The van der Waals surface area contributed by atoms with E-state index in [-0.39, 0.29) is 69.2 Å². The molecule has 0 fully saturated rings. The summed E-state index contributed by atoms with van der Waals surface area (Å²) in [5.74, 6) is -1.18. The smallest absolute Gasteiger partial charge is 0.545 e. The molecule has 2 heterocycles. The zero-order valence-electron chi connectivity index (χ0n) is 10.0. The molecule has 0 N–H and O–H groups in total. The summed E-state index contributed by atoms with van der Waals surface area (Å²) in [5, 5.41) is 15.1. The summed E-state index contributed by atoms with van der Waals surface area (Å²) in [6, 6.07) is 0. The van der Waals surface area contributed by atoms with Gasteiger partial charge < -0.3 is 14.6 Å². The van der Waals surface area contributed by atoms with E-state index in [2.05, 4.69) is 5.10 Å². The fourth-order valence-corrected chi connectivity index (χ4v) is 1.84. The molecule has 1 aliphatic heterocycles. The Morgan fingerprint density at radius 2 is 2.19 bits per heavy atom. The van der Waals surface area contributed by atoms with Crippen molar-refractivity contribution in [2.75, 3.05) is 0 Å². The van der Waals surface area contributed by atoms with Crippen molar-refractivity contribution >= 4 is 5.97 Å². The van der Waals surface area contributed by atoms with Crippen LogP contribution in [0.4, 0.5) is 0 Å². The summed E-state index contributed by atoms with van der Waals surface area (Å²) >= 11 is 0. The van der Waals surface area contributed by atoms with Gasteiger partial charge in [-0.3, -0.25) is 4.68 Å². The van der Waals surface area contributed by atoms with Crippen LogP contribution in [0, 0.1) is 6.92 Å². The van der Waals surface area contributed by atoms with E-state index in [0.29, 0.717) is 17.9 Å². The fourth-order valence-electron chi connectivity index (χ4n) is 1.84. The number of hydrogen-bond acceptors (Lipinski definition) is 4. The molecule has 2 rings (SSSR count). The Morgan fingerprint density at radius 1 is 1.56 bits per heavy atom. The van der Waals surface area contributed by atoms with E-state index in [1.165, 1.54) is 0 Å². The Labute approximate surface area is 137 Å². The first kappa shape index (κ1) is 14.3. The zero-order chi connectivity index (χ0) is 11.2. The zero-order valence-corrected chi connectivity index (χ0v) is 13.2. The van der Waals surface area contributed by atoms with Gasteiger partial charge in [0.1, 0.15) is 0 Å². The van der Waals surface area contributed by atoms with Crippen LogP contribution < -0.4 is 56.5 Å². The number of carboxylic acid groups (broad SMARTS) is 1. The largest absolute Gasteiger partial charge is 1.00 e. The molecule has 0 aliphatic carbocycles. The van der Waals surface area contributed by atoms with E-state index in [9.17, 15) is 9.90 Å². The molecule has 1 aromatic heterocycles. The van der Waals surface area contributed by atoms with E-state index in [1.807, 2.05) is 13.8 Å². The Balaban J connectivity index is 0.00000128. The minimum Gasteiger partial charge on any atom is -0.545 e. The van der Waals surface area contributed by atoms with Crippen molar-refractivity contribution in [3.05, 3.63) is 17.0 Å². The van der Waals surface area contributed by atoms with Gasteiger partial charge in [-0.15, -0.1) is 0 Å². The van der Waals surface area contributed by atoms with E-state index >= 15 is 0 Å². The maximum atomic E-state index is 10.9. The number of aryl methyl sites for hydroxylation is 1. The number of carbonyl (C=O) groups excluding carboxylic acids is 1. The average Bonchev–Trinajstić information content (AvgIpc) is 2.37. The van der Waals surface area contributed by atoms with Crippen LogP contribution in [0.15, 0.2) is 0 Å². The maximum absolute atomic E-state index is 10.9. The number of aromatic nitrogens is 2. The predicted molar refractivity (Wildman–Crippen MR) is 50.2 cm³/mol. The van der Waals surface area contributed by atoms with Gasteiger partial charge in [-0.1, -0.05) is 0 Å². The number of rotatable bonds is 1. The second-order valence-corrected chi connectivity index (χ2v) is 4.40. The fraction of sp³-hybridized carbons (Fsp3) is 0.600. The molecule has 0 bridgehead atoms. The van der Waals surface area contributed by atoms with Crippen LogP contribution in [0.3, 0.4) is 0 Å². The van der Waals surface area contributed by atoms with Crippen molar-refractivity contribution in [3.63, 3.8) is 0 Å². The van der Waals surface area contributed by atoms with E-state index in [0.717, 1.165) is 0 Å². The van der Waals surface area contributed by atoms with Crippen LogP contribution >= 0.6 is 0 Å². The average molecular weight is 248 g/mol. The van der Waals surface area contributed by atoms with E-state index in [1.54, 1.807) is 11.6 Å². The van der Waals surface area contributed by atoms with Crippen molar-refractivity contribution in [1.82, 2.24) is 9.78 Å². The summed E-state index contributed by atoms with van der Waals surface area (Å²) in [4.78, 5) is 10.9. The Bertz CT molecular complexity index is 426. The van der Waals surface area contributed by atoms with Crippen molar-refractivity contribution < 1.29 is 66.0 Å². The third-order valence-corrected chi connectivity index (χ3v) is 2.57. The van der Waals surface area contributed by atoms with Crippen LogP contribution in [-0.4, -0.2) is 21.4 Å². The van der Waals surface area contributed by atoms with Gasteiger partial charge in [0.05, 0.1) is 36.1 Å². The molecular formula is C10H13KN2O3. The Morgan fingerprint density at radius 3 is 2.75 bits per heavy atom. The van der Waals surface area contributed by atoms with Gasteiger partial charge in [-0.05, 0) is 20.8 Å². The Kier molecular flexibility index (Phi) is 4.37. The molecule has 0 saturated carbocycles. The molecule has 0 saturated heterocycles. The third-order valence-electron chi connectivity index (χ3n) is 2.57. The maximum Gasteiger partial charge on any atom is 1.00 e. The number of nitrogens with zero attached hydrogens (tertiary/aromatic N) is 2. The molecule has 0 radical (unpaired) electrons. The minimum absolute atomic E-state index is 0. The van der Waals surface area contributed by atoms with Gasteiger partial charge in [-0.2, -0.15) is 5.10 Å². The molecule has 16 heavy (non-hydrogen) atoms. The second kappa shape index (κ2) is 4.87. The molecule has 1 aromatic rings. The normalized spacial score (nSPS) is 17.4. The van der Waals surface area contributed by atoms with Gasteiger partial charge in [0.15, 0.2) is 0 Å². The predicted octanol–water partition coefficient (Wildman–Crippen LogP) is -3.13.